The summed E-state index contributed by atoms with van der Waals surface area (Å²) in [6, 6.07) is 1.68. The Balaban J connectivity index is 2.12. The third kappa shape index (κ3) is 2.61. The van der Waals surface area contributed by atoms with Crippen molar-refractivity contribution in [3.05, 3.63) is 23.5 Å². The van der Waals surface area contributed by atoms with Crippen molar-refractivity contribution in [2.75, 3.05) is 13.2 Å². The van der Waals surface area contributed by atoms with E-state index in [1.807, 2.05) is 0 Å². The first-order valence-electron chi connectivity index (χ1n) is 6.31. The van der Waals surface area contributed by atoms with Crippen molar-refractivity contribution < 1.29 is 14.7 Å². The van der Waals surface area contributed by atoms with Crippen LogP contribution in [0.3, 0.4) is 0 Å². The predicted octanol–water partition coefficient (Wildman–Crippen LogP) is 1.20. The Labute approximate surface area is 106 Å². The quantitative estimate of drug-likeness (QED) is 0.789. The van der Waals surface area contributed by atoms with Crippen LogP contribution in [-0.4, -0.2) is 46.4 Å². The number of H-pyrrole nitrogens is 1. The van der Waals surface area contributed by atoms with Crippen molar-refractivity contribution in [2.45, 2.75) is 31.7 Å². The summed E-state index contributed by atoms with van der Waals surface area (Å²) in [5, 5.41) is 9.04. The van der Waals surface area contributed by atoms with Crippen LogP contribution >= 0.6 is 0 Å². The number of carbonyl (C=O) groups is 2. The van der Waals surface area contributed by atoms with Crippen LogP contribution in [0.15, 0.2) is 12.3 Å². The summed E-state index contributed by atoms with van der Waals surface area (Å²) >= 11 is 0. The summed E-state index contributed by atoms with van der Waals surface area (Å²) in [6.45, 7) is 0.817. The normalized spacial score (nSPS) is 19.8. The van der Waals surface area contributed by atoms with Gasteiger partial charge >= 0.3 is 0 Å². The summed E-state index contributed by atoms with van der Waals surface area (Å²) in [5.74, 6) is -0.0822. The van der Waals surface area contributed by atoms with Gasteiger partial charge in [0.1, 0.15) is 5.69 Å². The number of aliphatic hydroxyl groups is 1. The van der Waals surface area contributed by atoms with E-state index in [1.165, 1.54) is 6.20 Å². The monoisotopic (exact) mass is 250 g/mol. The molecule has 98 valence electrons. The minimum atomic E-state index is -0.0822. The van der Waals surface area contributed by atoms with Crippen molar-refractivity contribution in [1.82, 2.24) is 9.88 Å². The molecule has 0 spiro atoms. The molecular formula is C13H18N2O3. The van der Waals surface area contributed by atoms with Gasteiger partial charge in [0.2, 0.25) is 0 Å². The molecule has 1 aliphatic rings. The van der Waals surface area contributed by atoms with Gasteiger partial charge in [-0.05, 0) is 31.7 Å². The number of hydrogen-bond donors (Lipinski definition) is 2. The first kappa shape index (κ1) is 12.8. The largest absolute Gasteiger partial charge is 0.396 e. The van der Waals surface area contributed by atoms with Crippen molar-refractivity contribution in [2.24, 2.45) is 0 Å². The molecule has 0 aliphatic carbocycles. The van der Waals surface area contributed by atoms with E-state index in [4.69, 9.17) is 5.11 Å². The van der Waals surface area contributed by atoms with Crippen molar-refractivity contribution in [3.63, 3.8) is 0 Å². The second-order valence-corrected chi connectivity index (χ2v) is 4.62. The van der Waals surface area contributed by atoms with Crippen LogP contribution in [0.5, 0.6) is 0 Å². The van der Waals surface area contributed by atoms with Gasteiger partial charge in [-0.3, -0.25) is 9.59 Å². The fourth-order valence-electron chi connectivity index (χ4n) is 2.47. The SMILES string of the molecule is O=Cc1c[nH]c(C(=O)N2CCCCC2CCO)c1. The van der Waals surface area contributed by atoms with Gasteiger partial charge in [0.05, 0.1) is 0 Å². The fourth-order valence-corrected chi connectivity index (χ4v) is 2.47. The van der Waals surface area contributed by atoms with E-state index >= 15 is 0 Å². The molecule has 1 unspecified atom stereocenters. The number of nitrogens with zero attached hydrogens (tertiary/aromatic N) is 1. The molecule has 0 bridgehead atoms. The average Bonchev–Trinajstić information content (AvgIpc) is 2.88. The Bertz CT molecular complexity index is 426. The molecule has 1 aromatic heterocycles. The highest BCUT2D eigenvalue weighted by molar-refractivity contribution is 5.94. The smallest absolute Gasteiger partial charge is 0.270 e. The molecule has 2 rings (SSSR count). The Kier molecular flexibility index (Phi) is 4.15. The minimum absolute atomic E-state index is 0.0822. The average molecular weight is 250 g/mol. The van der Waals surface area contributed by atoms with Gasteiger partial charge in [0.15, 0.2) is 6.29 Å². The molecule has 5 nitrogen and oxygen atoms in total. The molecular weight excluding hydrogens is 232 g/mol. The van der Waals surface area contributed by atoms with E-state index in [2.05, 4.69) is 4.98 Å². The molecule has 1 fully saturated rings. The number of rotatable bonds is 4. The lowest BCUT2D eigenvalue weighted by Crippen LogP contribution is -2.44. The lowest BCUT2D eigenvalue weighted by Gasteiger charge is -2.35. The summed E-state index contributed by atoms with van der Waals surface area (Å²) in [4.78, 5) is 27.6. The van der Waals surface area contributed by atoms with Gasteiger partial charge in [-0.1, -0.05) is 0 Å². The number of amides is 1. The third-order valence-electron chi connectivity index (χ3n) is 3.42. The van der Waals surface area contributed by atoms with Crippen molar-refractivity contribution in [3.8, 4) is 0 Å². The number of carbonyl (C=O) groups excluding carboxylic acids is 2. The van der Waals surface area contributed by atoms with E-state index < -0.39 is 0 Å². The molecule has 2 heterocycles. The van der Waals surface area contributed by atoms with Crippen LogP contribution in [0.4, 0.5) is 0 Å². The van der Waals surface area contributed by atoms with Crippen molar-refractivity contribution in [1.29, 1.82) is 0 Å². The van der Waals surface area contributed by atoms with E-state index in [0.717, 1.165) is 25.8 Å². The molecule has 2 N–H and O–H groups in total. The second-order valence-electron chi connectivity index (χ2n) is 4.62. The van der Waals surface area contributed by atoms with Gasteiger partial charge in [-0.25, -0.2) is 0 Å². The summed E-state index contributed by atoms with van der Waals surface area (Å²) < 4.78 is 0. The summed E-state index contributed by atoms with van der Waals surface area (Å²) in [5.41, 5.74) is 0.927. The second kappa shape index (κ2) is 5.82. The number of aromatic nitrogens is 1. The van der Waals surface area contributed by atoms with Crippen LogP contribution in [-0.2, 0) is 0 Å². The van der Waals surface area contributed by atoms with E-state index in [1.54, 1.807) is 11.0 Å². The van der Waals surface area contributed by atoms with Gasteiger partial charge < -0.3 is 15.0 Å². The summed E-state index contributed by atoms with van der Waals surface area (Å²) in [6.07, 6.45) is 5.90. The Morgan fingerprint density at radius 1 is 1.56 bits per heavy atom. The maximum absolute atomic E-state index is 12.3. The number of aliphatic hydroxyl groups excluding tert-OH is 1. The van der Waals surface area contributed by atoms with Crippen LogP contribution in [0.2, 0.25) is 0 Å². The number of piperidine rings is 1. The van der Waals surface area contributed by atoms with Gasteiger partial charge in [0.25, 0.3) is 5.91 Å². The zero-order valence-electron chi connectivity index (χ0n) is 10.3. The number of hydrogen-bond acceptors (Lipinski definition) is 3. The van der Waals surface area contributed by atoms with Gasteiger partial charge in [-0.2, -0.15) is 0 Å². The van der Waals surface area contributed by atoms with Crippen molar-refractivity contribution >= 4 is 12.2 Å². The molecule has 0 radical (unpaired) electrons. The first-order chi connectivity index (χ1) is 8.76. The highest BCUT2D eigenvalue weighted by Gasteiger charge is 2.27. The third-order valence-corrected chi connectivity index (χ3v) is 3.42. The topological polar surface area (TPSA) is 73.4 Å². The van der Waals surface area contributed by atoms with Crippen LogP contribution in [0, 0.1) is 0 Å². The molecule has 1 saturated heterocycles. The molecule has 1 aromatic rings. The number of nitrogens with one attached hydrogen (secondary N) is 1. The van der Waals surface area contributed by atoms with E-state index in [-0.39, 0.29) is 18.6 Å². The molecule has 1 amide bonds. The van der Waals surface area contributed by atoms with Gasteiger partial charge in [-0.15, -0.1) is 0 Å². The summed E-state index contributed by atoms with van der Waals surface area (Å²) in [7, 11) is 0. The van der Waals surface area contributed by atoms with Crippen LogP contribution in [0.1, 0.15) is 46.5 Å². The Morgan fingerprint density at radius 2 is 2.39 bits per heavy atom. The number of aromatic amines is 1. The molecule has 5 heteroatoms. The fraction of sp³-hybridized carbons (Fsp3) is 0.538. The number of likely N-dealkylation sites (tertiary alicyclic amines) is 1. The van der Waals surface area contributed by atoms with E-state index in [9.17, 15) is 9.59 Å². The van der Waals surface area contributed by atoms with Crippen LogP contribution < -0.4 is 0 Å². The zero-order valence-corrected chi connectivity index (χ0v) is 10.3. The predicted molar refractivity (Wildman–Crippen MR) is 66.6 cm³/mol. The molecule has 1 aliphatic heterocycles. The standard InChI is InChI=1S/C13H18N2O3/c16-6-4-11-3-1-2-5-15(11)13(18)12-7-10(9-17)8-14-12/h7-9,11,14,16H,1-6H2. The first-order valence-corrected chi connectivity index (χ1v) is 6.31. The number of aldehydes is 1. The minimum Gasteiger partial charge on any atom is -0.396 e. The van der Waals surface area contributed by atoms with Crippen LogP contribution in [0.25, 0.3) is 0 Å². The molecule has 18 heavy (non-hydrogen) atoms. The maximum atomic E-state index is 12.3. The lowest BCUT2D eigenvalue weighted by atomic mass is 9.99. The molecule has 0 saturated carbocycles. The zero-order chi connectivity index (χ0) is 13.0. The lowest BCUT2D eigenvalue weighted by molar-refractivity contribution is 0.0569. The Hall–Kier alpha value is -1.62. The Morgan fingerprint density at radius 3 is 3.06 bits per heavy atom. The van der Waals surface area contributed by atoms with Gasteiger partial charge in [0, 0.05) is 31.0 Å². The van der Waals surface area contributed by atoms with E-state index in [0.29, 0.717) is 24.0 Å². The molecule has 0 aromatic carbocycles. The highest BCUT2D eigenvalue weighted by Crippen LogP contribution is 2.21. The highest BCUT2D eigenvalue weighted by atomic mass is 16.3. The maximum Gasteiger partial charge on any atom is 0.270 e. The molecule has 1 atom stereocenters.